The molecule has 0 radical (unpaired) electrons. The molecule has 1 saturated heterocycles. The number of rotatable bonds is 8. The van der Waals surface area contributed by atoms with Gasteiger partial charge in [-0.05, 0) is 37.1 Å². The van der Waals surface area contributed by atoms with Gasteiger partial charge in [0, 0.05) is 41.9 Å². The van der Waals surface area contributed by atoms with Crippen LogP contribution in [0, 0.1) is 11.3 Å². The Balaban J connectivity index is 1.64. The van der Waals surface area contributed by atoms with E-state index in [0.717, 1.165) is 23.4 Å². The third-order valence-corrected chi connectivity index (χ3v) is 5.37. The van der Waals surface area contributed by atoms with Gasteiger partial charge in [0.25, 0.3) is 0 Å². The van der Waals surface area contributed by atoms with E-state index in [2.05, 4.69) is 31.1 Å². The Morgan fingerprint density at radius 1 is 1.31 bits per heavy atom. The molecule has 0 spiro atoms. The summed E-state index contributed by atoms with van der Waals surface area (Å²) in [6.45, 7) is 6.28. The molecule has 0 N–H and O–H groups in total. The lowest BCUT2D eigenvalue weighted by atomic mass is 10.1. The van der Waals surface area contributed by atoms with Crippen LogP contribution in [-0.4, -0.2) is 53.0 Å². The van der Waals surface area contributed by atoms with Crippen LogP contribution < -0.4 is 9.64 Å². The van der Waals surface area contributed by atoms with Gasteiger partial charge in [0.15, 0.2) is 0 Å². The zero-order valence-electron chi connectivity index (χ0n) is 18.0. The highest BCUT2D eigenvalue weighted by molar-refractivity contribution is 5.85. The highest BCUT2D eigenvalue weighted by Crippen LogP contribution is 2.32. The van der Waals surface area contributed by atoms with Crippen molar-refractivity contribution >= 4 is 11.3 Å². The van der Waals surface area contributed by atoms with Gasteiger partial charge >= 0.3 is 0 Å². The molecule has 1 aliphatic heterocycles. The second-order valence-corrected chi connectivity index (χ2v) is 7.48. The van der Waals surface area contributed by atoms with Crippen LogP contribution >= 0.6 is 0 Å². The molecule has 0 aromatic carbocycles. The van der Waals surface area contributed by atoms with Crippen LogP contribution in [0.25, 0.3) is 27.1 Å². The summed E-state index contributed by atoms with van der Waals surface area (Å²) in [6, 6.07) is 7.74. The Morgan fingerprint density at radius 2 is 2.19 bits per heavy atom. The van der Waals surface area contributed by atoms with Crippen molar-refractivity contribution in [1.82, 2.24) is 14.6 Å². The van der Waals surface area contributed by atoms with Crippen LogP contribution in [0.4, 0.5) is 5.82 Å². The SMILES string of the molecule is CCCO[C@H]1CN(c2ccc(-c3cc(OCC)cn4ncc(C#N)c34)cn2)C[C@@H]1N=[N+]=[N-]. The zero-order valence-corrected chi connectivity index (χ0v) is 18.0. The Bertz CT molecular complexity index is 1180. The van der Waals surface area contributed by atoms with Gasteiger partial charge in [-0.2, -0.15) is 10.4 Å². The van der Waals surface area contributed by atoms with E-state index in [0.29, 0.717) is 43.1 Å². The van der Waals surface area contributed by atoms with Gasteiger partial charge in [-0.1, -0.05) is 12.0 Å². The maximum atomic E-state index is 9.51. The average molecular weight is 432 g/mol. The van der Waals surface area contributed by atoms with E-state index in [1.54, 1.807) is 23.1 Å². The normalized spacial score (nSPS) is 17.8. The monoisotopic (exact) mass is 432 g/mol. The molecule has 32 heavy (non-hydrogen) atoms. The molecule has 0 amide bonds. The minimum Gasteiger partial charge on any atom is -0.492 e. The lowest BCUT2D eigenvalue weighted by Crippen LogP contribution is -2.26. The topological polar surface area (TPSA) is 124 Å². The van der Waals surface area contributed by atoms with Crippen molar-refractivity contribution in [2.75, 3.05) is 31.2 Å². The summed E-state index contributed by atoms with van der Waals surface area (Å²) < 4.78 is 13.2. The molecule has 1 aliphatic rings. The molecule has 4 rings (SSSR count). The molecule has 3 aromatic rings. The van der Waals surface area contributed by atoms with Gasteiger partial charge in [0.05, 0.1) is 42.2 Å². The summed E-state index contributed by atoms with van der Waals surface area (Å²) in [5.41, 5.74) is 11.8. The van der Waals surface area contributed by atoms with Gasteiger partial charge in [0.1, 0.15) is 17.6 Å². The standard InChI is InChI=1S/C22H24N8O2/c1-3-7-32-20-14-29(13-19(20)27-28-24)21-6-5-15(10-25-21)18-8-17(31-4-2)12-30-22(18)16(9-23)11-26-30/h5-6,8,10-12,19-20H,3-4,7,13-14H2,1-2H3/t19-,20-/m0/s1. The number of fused-ring (bicyclic) bond motifs is 1. The first kappa shape index (κ1) is 21.4. The van der Waals surface area contributed by atoms with Gasteiger partial charge in [-0.25, -0.2) is 9.50 Å². The van der Waals surface area contributed by atoms with Crippen molar-refractivity contribution in [2.45, 2.75) is 32.4 Å². The van der Waals surface area contributed by atoms with Crippen LogP contribution in [-0.2, 0) is 4.74 Å². The summed E-state index contributed by atoms with van der Waals surface area (Å²) in [5.74, 6) is 1.44. The highest BCUT2D eigenvalue weighted by Gasteiger charge is 2.33. The predicted molar refractivity (Wildman–Crippen MR) is 119 cm³/mol. The van der Waals surface area contributed by atoms with E-state index < -0.39 is 0 Å². The van der Waals surface area contributed by atoms with Crippen LogP contribution in [0.5, 0.6) is 5.75 Å². The molecule has 0 bridgehead atoms. The lowest BCUT2D eigenvalue weighted by Gasteiger charge is -2.18. The number of anilines is 1. The Labute approximate surface area is 185 Å². The third kappa shape index (κ3) is 4.17. The number of nitrogens with zero attached hydrogens (tertiary/aromatic N) is 8. The number of aromatic nitrogens is 3. The van der Waals surface area contributed by atoms with E-state index >= 15 is 0 Å². The molecular formula is C22H24N8O2. The number of ether oxygens (including phenoxy) is 2. The Morgan fingerprint density at radius 3 is 2.88 bits per heavy atom. The smallest absolute Gasteiger partial charge is 0.138 e. The van der Waals surface area contributed by atoms with Gasteiger partial charge < -0.3 is 14.4 Å². The first-order valence-corrected chi connectivity index (χ1v) is 10.6. The van der Waals surface area contributed by atoms with E-state index in [9.17, 15) is 5.26 Å². The summed E-state index contributed by atoms with van der Waals surface area (Å²) >= 11 is 0. The maximum absolute atomic E-state index is 9.51. The third-order valence-electron chi connectivity index (χ3n) is 5.37. The second kappa shape index (κ2) is 9.56. The van der Waals surface area contributed by atoms with Gasteiger partial charge in [0.2, 0.25) is 0 Å². The fourth-order valence-electron chi connectivity index (χ4n) is 3.93. The largest absolute Gasteiger partial charge is 0.492 e. The van der Waals surface area contributed by atoms with Crippen molar-refractivity contribution in [3.8, 4) is 22.9 Å². The summed E-state index contributed by atoms with van der Waals surface area (Å²) in [6.07, 6.45) is 5.84. The zero-order chi connectivity index (χ0) is 22.5. The number of hydrogen-bond acceptors (Lipinski definition) is 7. The van der Waals surface area contributed by atoms with Gasteiger partial charge in [-0.3, -0.25) is 0 Å². The first-order chi connectivity index (χ1) is 15.7. The Kier molecular flexibility index (Phi) is 6.40. The molecule has 4 heterocycles. The molecule has 3 aromatic heterocycles. The molecule has 10 nitrogen and oxygen atoms in total. The predicted octanol–water partition coefficient (Wildman–Crippen LogP) is 3.96. The van der Waals surface area contributed by atoms with Crippen LogP contribution in [0.2, 0.25) is 0 Å². The molecule has 2 atom stereocenters. The van der Waals surface area contributed by atoms with Crippen molar-refractivity contribution in [2.24, 2.45) is 5.11 Å². The molecule has 10 heteroatoms. The van der Waals surface area contributed by atoms with Crippen LogP contribution in [0.1, 0.15) is 25.8 Å². The second-order valence-electron chi connectivity index (χ2n) is 7.48. The van der Waals surface area contributed by atoms with Crippen molar-refractivity contribution in [3.05, 3.63) is 52.8 Å². The van der Waals surface area contributed by atoms with E-state index in [1.807, 2.05) is 32.0 Å². The molecular weight excluding hydrogens is 408 g/mol. The quantitative estimate of drug-likeness (QED) is 0.301. The molecule has 0 saturated carbocycles. The fourth-order valence-corrected chi connectivity index (χ4v) is 3.93. The van der Waals surface area contributed by atoms with Crippen molar-refractivity contribution in [1.29, 1.82) is 5.26 Å². The van der Waals surface area contributed by atoms with Gasteiger partial charge in [-0.15, -0.1) is 0 Å². The van der Waals surface area contributed by atoms with Crippen molar-refractivity contribution < 1.29 is 9.47 Å². The van der Waals surface area contributed by atoms with Crippen molar-refractivity contribution in [3.63, 3.8) is 0 Å². The van der Waals surface area contributed by atoms with E-state index in [-0.39, 0.29) is 12.1 Å². The summed E-state index contributed by atoms with van der Waals surface area (Å²) in [7, 11) is 0. The highest BCUT2D eigenvalue weighted by atomic mass is 16.5. The average Bonchev–Trinajstić information content (AvgIpc) is 3.41. The number of nitriles is 1. The van der Waals surface area contributed by atoms with Crippen LogP contribution in [0.3, 0.4) is 0 Å². The molecule has 0 aliphatic carbocycles. The molecule has 164 valence electrons. The summed E-state index contributed by atoms with van der Waals surface area (Å²) in [5, 5.41) is 17.7. The minimum atomic E-state index is -0.250. The molecule has 0 unspecified atom stereocenters. The summed E-state index contributed by atoms with van der Waals surface area (Å²) in [4.78, 5) is 9.69. The Hall–Kier alpha value is -3.80. The van der Waals surface area contributed by atoms with E-state index in [1.165, 1.54) is 0 Å². The molecule has 1 fully saturated rings. The number of azide groups is 1. The lowest BCUT2D eigenvalue weighted by molar-refractivity contribution is 0.0587. The maximum Gasteiger partial charge on any atom is 0.138 e. The minimum absolute atomic E-state index is 0.153. The fraction of sp³-hybridized carbons (Fsp3) is 0.409. The number of hydrogen-bond donors (Lipinski definition) is 0. The number of pyridine rings is 2. The van der Waals surface area contributed by atoms with Crippen LogP contribution in [0.15, 0.2) is 41.9 Å². The van der Waals surface area contributed by atoms with E-state index in [4.69, 9.17) is 15.0 Å². The first-order valence-electron chi connectivity index (χ1n) is 10.6.